The molecule has 0 aliphatic heterocycles. The van der Waals surface area contributed by atoms with Crippen molar-refractivity contribution in [2.75, 3.05) is 0 Å². The van der Waals surface area contributed by atoms with E-state index in [0.717, 1.165) is 19.3 Å². The van der Waals surface area contributed by atoms with Crippen molar-refractivity contribution in [3.05, 3.63) is 35.6 Å². The van der Waals surface area contributed by atoms with Gasteiger partial charge in [0.25, 0.3) is 0 Å². The van der Waals surface area contributed by atoms with Gasteiger partial charge in [0.15, 0.2) is 0 Å². The lowest BCUT2D eigenvalue weighted by molar-refractivity contribution is 0.336. The molecule has 0 amide bonds. The zero-order chi connectivity index (χ0) is 12.2. The van der Waals surface area contributed by atoms with Crippen LogP contribution in [0.3, 0.4) is 0 Å². The summed E-state index contributed by atoms with van der Waals surface area (Å²) in [6.45, 7) is 6.25. The first-order valence-electron chi connectivity index (χ1n) is 6.01. The summed E-state index contributed by atoms with van der Waals surface area (Å²) in [4.78, 5) is 0. The second-order valence-electron chi connectivity index (χ2n) is 5.00. The maximum Gasteiger partial charge on any atom is 0.128 e. The van der Waals surface area contributed by atoms with Gasteiger partial charge in [-0.1, -0.05) is 44.9 Å². The number of hydrogen-bond acceptors (Lipinski definition) is 1. The molecule has 0 radical (unpaired) electrons. The van der Waals surface area contributed by atoms with Crippen LogP contribution in [-0.4, -0.2) is 0 Å². The Bertz CT molecular complexity index is 333. The van der Waals surface area contributed by atoms with Crippen LogP contribution in [0.5, 0.6) is 0 Å². The Hall–Kier alpha value is -0.890. The number of benzene rings is 1. The first kappa shape index (κ1) is 13.2. The van der Waals surface area contributed by atoms with E-state index in [-0.39, 0.29) is 5.82 Å². The van der Waals surface area contributed by atoms with Crippen molar-refractivity contribution >= 4 is 0 Å². The largest absolute Gasteiger partial charge is 0.322 e. The van der Waals surface area contributed by atoms with Gasteiger partial charge in [-0.15, -0.1) is 0 Å². The van der Waals surface area contributed by atoms with Crippen molar-refractivity contribution in [1.82, 2.24) is 0 Å². The highest BCUT2D eigenvalue weighted by atomic mass is 19.1. The molecule has 2 unspecified atom stereocenters. The fourth-order valence-corrected chi connectivity index (χ4v) is 2.35. The van der Waals surface area contributed by atoms with Crippen LogP contribution in [0.15, 0.2) is 24.3 Å². The molecule has 0 spiro atoms. The van der Waals surface area contributed by atoms with Gasteiger partial charge in [-0.25, -0.2) is 4.39 Å². The Morgan fingerprint density at radius 3 is 2.56 bits per heavy atom. The molecule has 0 heterocycles. The highest BCUT2D eigenvalue weighted by molar-refractivity contribution is 5.25. The zero-order valence-corrected chi connectivity index (χ0v) is 10.5. The topological polar surface area (TPSA) is 26.0 Å². The first-order chi connectivity index (χ1) is 7.47. The van der Waals surface area contributed by atoms with E-state index in [0.29, 0.717) is 11.5 Å². The average Bonchev–Trinajstić information content (AvgIpc) is 2.17. The summed E-state index contributed by atoms with van der Waals surface area (Å²) >= 11 is 0. The van der Waals surface area contributed by atoms with Gasteiger partial charge in [0.2, 0.25) is 0 Å². The second kappa shape index (κ2) is 5.44. The van der Waals surface area contributed by atoms with E-state index < -0.39 is 5.54 Å². The minimum atomic E-state index is -0.570. The molecule has 16 heavy (non-hydrogen) atoms. The van der Waals surface area contributed by atoms with Gasteiger partial charge in [-0.05, 0) is 25.3 Å². The fourth-order valence-electron chi connectivity index (χ4n) is 2.35. The van der Waals surface area contributed by atoms with Gasteiger partial charge in [0.05, 0.1) is 0 Å². The number of nitrogens with two attached hydrogens (primary N) is 1. The van der Waals surface area contributed by atoms with Crippen LogP contribution in [0.1, 0.15) is 45.6 Å². The van der Waals surface area contributed by atoms with Crippen molar-refractivity contribution in [3.8, 4) is 0 Å². The summed E-state index contributed by atoms with van der Waals surface area (Å²) in [6.07, 6.45) is 3.11. The minimum absolute atomic E-state index is 0.198. The highest BCUT2D eigenvalue weighted by Gasteiger charge is 2.26. The molecule has 1 rings (SSSR count). The van der Waals surface area contributed by atoms with Crippen molar-refractivity contribution in [2.24, 2.45) is 11.7 Å². The molecule has 1 aromatic carbocycles. The van der Waals surface area contributed by atoms with Crippen molar-refractivity contribution in [2.45, 2.75) is 45.6 Å². The van der Waals surface area contributed by atoms with Crippen LogP contribution in [0.4, 0.5) is 4.39 Å². The summed E-state index contributed by atoms with van der Waals surface area (Å²) in [7, 11) is 0. The maximum atomic E-state index is 13.6. The SMILES string of the molecule is CCCC(C)CC(C)(N)c1ccccc1F. The summed E-state index contributed by atoms with van der Waals surface area (Å²) in [5, 5.41) is 0. The molecular formula is C14H22FN. The van der Waals surface area contributed by atoms with Crippen LogP contribution in [-0.2, 0) is 5.54 Å². The van der Waals surface area contributed by atoms with Crippen LogP contribution >= 0.6 is 0 Å². The van der Waals surface area contributed by atoms with Crippen LogP contribution < -0.4 is 5.73 Å². The van der Waals surface area contributed by atoms with Crippen LogP contribution in [0, 0.1) is 11.7 Å². The van der Waals surface area contributed by atoms with Gasteiger partial charge in [0, 0.05) is 11.1 Å². The third kappa shape index (κ3) is 3.31. The average molecular weight is 223 g/mol. The predicted molar refractivity (Wildman–Crippen MR) is 66.6 cm³/mol. The van der Waals surface area contributed by atoms with E-state index in [1.807, 2.05) is 13.0 Å². The molecule has 0 fully saturated rings. The van der Waals surface area contributed by atoms with E-state index in [2.05, 4.69) is 13.8 Å². The Balaban J connectivity index is 2.81. The monoisotopic (exact) mass is 223 g/mol. The summed E-state index contributed by atoms with van der Waals surface area (Å²) in [5.74, 6) is 0.329. The molecular weight excluding hydrogens is 201 g/mol. The number of halogens is 1. The third-order valence-corrected chi connectivity index (χ3v) is 3.04. The molecule has 0 aliphatic carbocycles. The summed E-state index contributed by atoms with van der Waals surface area (Å²) in [6, 6.07) is 6.80. The van der Waals surface area contributed by atoms with E-state index in [9.17, 15) is 4.39 Å². The van der Waals surface area contributed by atoms with Crippen molar-refractivity contribution < 1.29 is 4.39 Å². The fraction of sp³-hybridized carbons (Fsp3) is 0.571. The molecule has 0 aliphatic rings. The van der Waals surface area contributed by atoms with Crippen molar-refractivity contribution in [1.29, 1.82) is 0 Å². The van der Waals surface area contributed by atoms with Gasteiger partial charge >= 0.3 is 0 Å². The molecule has 1 aromatic rings. The zero-order valence-electron chi connectivity index (χ0n) is 10.5. The minimum Gasteiger partial charge on any atom is -0.322 e. The molecule has 2 atom stereocenters. The lowest BCUT2D eigenvalue weighted by Gasteiger charge is -2.28. The first-order valence-corrected chi connectivity index (χ1v) is 6.01. The molecule has 0 saturated carbocycles. The quantitative estimate of drug-likeness (QED) is 0.806. The predicted octanol–water partition coefficient (Wildman–Crippen LogP) is 3.83. The van der Waals surface area contributed by atoms with Crippen molar-refractivity contribution in [3.63, 3.8) is 0 Å². The number of hydrogen-bond donors (Lipinski definition) is 1. The lowest BCUT2D eigenvalue weighted by Crippen LogP contribution is -2.35. The third-order valence-electron chi connectivity index (χ3n) is 3.04. The molecule has 90 valence electrons. The molecule has 1 nitrogen and oxygen atoms in total. The molecule has 0 aromatic heterocycles. The molecule has 0 saturated heterocycles. The van der Waals surface area contributed by atoms with Gasteiger partial charge < -0.3 is 5.73 Å². The summed E-state index contributed by atoms with van der Waals surface area (Å²) in [5.41, 5.74) is 6.28. The van der Waals surface area contributed by atoms with Gasteiger partial charge in [-0.2, -0.15) is 0 Å². The molecule has 0 bridgehead atoms. The van der Waals surface area contributed by atoms with Gasteiger partial charge in [-0.3, -0.25) is 0 Å². The van der Waals surface area contributed by atoms with Gasteiger partial charge in [0.1, 0.15) is 5.82 Å². The summed E-state index contributed by atoms with van der Waals surface area (Å²) < 4.78 is 13.6. The standard InChI is InChI=1S/C14H22FN/c1-4-7-11(2)10-14(3,16)12-8-5-6-9-13(12)15/h5-6,8-9,11H,4,7,10,16H2,1-3H3. The lowest BCUT2D eigenvalue weighted by atomic mass is 9.83. The Morgan fingerprint density at radius 2 is 2.00 bits per heavy atom. The normalized spacial score (nSPS) is 16.8. The smallest absolute Gasteiger partial charge is 0.128 e. The Labute approximate surface area is 97.9 Å². The Kier molecular flexibility index (Phi) is 4.48. The maximum absolute atomic E-state index is 13.6. The molecule has 2 N–H and O–H groups in total. The van der Waals surface area contributed by atoms with E-state index in [4.69, 9.17) is 5.73 Å². The van der Waals surface area contributed by atoms with E-state index in [1.54, 1.807) is 12.1 Å². The molecule has 2 heteroatoms. The Morgan fingerprint density at radius 1 is 1.38 bits per heavy atom. The highest BCUT2D eigenvalue weighted by Crippen LogP contribution is 2.29. The second-order valence-corrected chi connectivity index (χ2v) is 5.00. The van der Waals surface area contributed by atoms with Crippen LogP contribution in [0.25, 0.3) is 0 Å². The van der Waals surface area contributed by atoms with E-state index in [1.165, 1.54) is 6.07 Å². The van der Waals surface area contributed by atoms with Crippen LogP contribution in [0.2, 0.25) is 0 Å². The number of rotatable bonds is 5. The van der Waals surface area contributed by atoms with E-state index >= 15 is 0 Å².